The number of rotatable bonds is 10. The summed E-state index contributed by atoms with van der Waals surface area (Å²) in [5.41, 5.74) is 2.57. The Morgan fingerprint density at radius 1 is 0.857 bits per heavy atom. The second kappa shape index (κ2) is 10.6. The van der Waals surface area contributed by atoms with Gasteiger partial charge in [0, 0.05) is 5.41 Å². The maximum absolute atomic E-state index is 6.21. The summed E-state index contributed by atoms with van der Waals surface area (Å²) in [6.45, 7) is 7.45. The lowest BCUT2D eigenvalue weighted by Crippen LogP contribution is -2.30. The van der Waals surface area contributed by atoms with Crippen LogP contribution in [-0.4, -0.2) is 13.2 Å². The largest absolute Gasteiger partial charge is 0.376 e. The Balaban J connectivity index is 1.60. The normalized spacial score (nSPS) is 21.4. The molecule has 0 aromatic heterocycles. The smallest absolute Gasteiger partial charge is 0.0717 e. The summed E-state index contributed by atoms with van der Waals surface area (Å²) < 4.78 is 12.4. The molecule has 1 aliphatic carbocycles. The summed E-state index contributed by atoms with van der Waals surface area (Å²) in [5.74, 6) is 1.30. The molecule has 2 heteroatoms. The van der Waals surface area contributed by atoms with Gasteiger partial charge < -0.3 is 9.47 Å². The van der Waals surface area contributed by atoms with E-state index in [2.05, 4.69) is 74.5 Å². The Hall–Kier alpha value is -1.90. The number of hydrogen-bond acceptors (Lipinski definition) is 2. The van der Waals surface area contributed by atoms with Gasteiger partial charge in [-0.1, -0.05) is 86.7 Å². The first kappa shape index (κ1) is 20.8. The summed E-state index contributed by atoms with van der Waals surface area (Å²) in [5, 5.41) is 0. The number of benzene rings is 2. The summed E-state index contributed by atoms with van der Waals surface area (Å²) in [6, 6.07) is 20.9. The zero-order valence-corrected chi connectivity index (χ0v) is 17.3. The van der Waals surface area contributed by atoms with E-state index >= 15 is 0 Å². The van der Waals surface area contributed by atoms with Crippen LogP contribution < -0.4 is 0 Å². The summed E-state index contributed by atoms with van der Waals surface area (Å²) >= 11 is 0. The van der Waals surface area contributed by atoms with E-state index in [1.54, 1.807) is 0 Å². The topological polar surface area (TPSA) is 18.5 Å². The molecule has 0 saturated heterocycles. The molecular formula is C26H34O2. The molecule has 2 aromatic carbocycles. The van der Waals surface area contributed by atoms with E-state index in [-0.39, 0.29) is 5.41 Å². The van der Waals surface area contributed by atoms with Gasteiger partial charge in [0.15, 0.2) is 0 Å². The van der Waals surface area contributed by atoms with E-state index in [9.17, 15) is 0 Å². The fourth-order valence-corrected chi connectivity index (χ4v) is 4.38. The van der Waals surface area contributed by atoms with Gasteiger partial charge in [-0.3, -0.25) is 0 Å². The van der Waals surface area contributed by atoms with Crippen molar-refractivity contribution in [2.45, 2.75) is 46.3 Å². The molecule has 1 saturated carbocycles. The van der Waals surface area contributed by atoms with Gasteiger partial charge in [0.05, 0.1) is 26.4 Å². The van der Waals surface area contributed by atoms with Gasteiger partial charge in [-0.2, -0.15) is 0 Å². The van der Waals surface area contributed by atoms with Crippen molar-refractivity contribution in [1.29, 1.82) is 0 Å². The second-order valence-electron chi connectivity index (χ2n) is 8.34. The van der Waals surface area contributed by atoms with Crippen LogP contribution in [0.15, 0.2) is 72.8 Å². The van der Waals surface area contributed by atoms with Gasteiger partial charge >= 0.3 is 0 Å². The molecule has 0 unspecified atom stereocenters. The molecule has 0 heterocycles. The Bertz CT molecular complexity index is 662. The standard InChI is InChI=1S/C26H34O2/c1-3-4-15-25-17-26(16-22(25)2,20-27-18-23-11-7-5-8-12-23)21-28-19-24-13-9-6-10-14-24/h4-15,22,25H,3,16-21H2,1-2H3/b15-4+/t22-,25-/m0/s1. The SMILES string of the molecule is CC/C=C/[C@H]1CC(COCc2ccccc2)(COCc2ccccc2)C[C@@H]1C. The van der Waals surface area contributed by atoms with Gasteiger partial charge in [-0.25, -0.2) is 0 Å². The van der Waals surface area contributed by atoms with Gasteiger partial charge in [0.1, 0.15) is 0 Å². The lowest BCUT2D eigenvalue weighted by Gasteiger charge is -2.29. The Kier molecular flexibility index (Phi) is 7.88. The minimum Gasteiger partial charge on any atom is -0.376 e. The van der Waals surface area contributed by atoms with Crippen molar-refractivity contribution in [3.05, 3.63) is 83.9 Å². The van der Waals surface area contributed by atoms with Crippen LogP contribution in [0, 0.1) is 17.3 Å². The predicted molar refractivity (Wildman–Crippen MR) is 116 cm³/mol. The van der Waals surface area contributed by atoms with Crippen LogP contribution in [0.5, 0.6) is 0 Å². The zero-order valence-electron chi connectivity index (χ0n) is 17.3. The average molecular weight is 379 g/mol. The third-order valence-corrected chi connectivity index (χ3v) is 5.81. The highest BCUT2D eigenvalue weighted by Crippen LogP contribution is 2.47. The fourth-order valence-electron chi connectivity index (χ4n) is 4.38. The third kappa shape index (κ3) is 6.05. The van der Waals surface area contributed by atoms with E-state index in [1.165, 1.54) is 11.1 Å². The molecule has 1 aliphatic rings. The van der Waals surface area contributed by atoms with Crippen molar-refractivity contribution in [3.63, 3.8) is 0 Å². The quantitative estimate of drug-likeness (QED) is 0.444. The summed E-state index contributed by atoms with van der Waals surface area (Å²) in [4.78, 5) is 0. The Labute approximate surface area is 170 Å². The molecule has 28 heavy (non-hydrogen) atoms. The maximum atomic E-state index is 6.21. The van der Waals surface area contributed by atoms with Crippen LogP contribution >= 0.6 is 0 Å². The van der Waals surface area contributed by atoms with Crippen LogP contribution in [0.3, 0.4) is 0 Å². The van der Waals surface area contributed by atoms with Crippen molar-refractivity contribution >= 4 is 0 Å². The fraction of sp³-hybridized carbons (Fsp3) is 0.462. The van der Waals surface area contributed by atoms with Crippen LogP contribution in [-0.2, 0) is 22.7 Å². The average Bonchev–Trinajstić information content (AvgIpc) is 3.03. The molecule has 0 radical (unpaired) electrons. The molecule has 0 aliphatic heterocycles. The summed E-state index contributed by atoms with van der Waals surface area (Å²) in [7, 11) is 0. The molecule has 0 N–H and O–H groups in total. The molecule has 150 valence electrons. The Morgan fingerprint density at radius 2 is 1.39 bits per heavy atom. The first-order valence-electron chi connectivity index (χ1n) is 10.6. The van der Waals surface area contributed by atoms with E-state index in [0.29, 0.717) is 25.0 Å². The lowest BCUT2D eigenvalue weighted by molar-refractivity contribution is -0.0321. The van der Waals surface area contributed by atoms with Crippen LogP contribution in [0.2, 0.25) is 0 Å². The highest BCUT2D eigenvalue weighted by molar-refractivity contribution is 5.14. The molecule has 0 spiro atoms. The lowest BCUT2D eigenvalue weighted by atomic mass is 9.86. The molecule has 3 rings (SSSR count). The van der Waals surface area contributed by atoms with E-state index < -0.39 is 0 Å². The summed E-state index contributed by atoms with van der Waals surface area (Å²) in [6.07, 6.45) is 8.14. The van der Waals surface area contributed by atoms with E-state index in [1.807, 2.05) is 12.1 Å². The first-order chi connectivity index (χ1) is 13.7. The molecule has 2 aromatic rings. The zero-order chi connectivity index (χ0) is 19.7. The molecular weight excluding hydrogens is 344 g/mol. The third-order valence-electron chi connectivity index (χ3n) is 5.81. The van der Waals surface area contributed by atoms with Gasteiger partial charge in [-0.15, -0.1) is 0 Å². The number of allylic oxidation sites excluding steroid dienone is 2. The van der Waals surface area contributed by atoms with E-state index in [4.69, 9.17) is 9.47 Å². The monoisotopic (exact) mass is 378 g/mol. The minimum atomic E-state index is 0.103. The molecule has 0 bridgehead atoms. The van der Waals surface area contributed by atoms with Crippen molar-refractivity contribution in [1.82, 2.24) is 0 Å². The van der Waals surface area contributed by atoms with E-state index in [0.717, 1.165) is 32.5 Å². The second-order valence-corrected chi connectivity index (χ2v) is 8.34. The Morgan fingerprint density at radius 3 is 1.89 bits per heavy atom. The predicted octanol–water partition coefficient (Wildman–Crippen LogP) is 6.42. The molecule has 2 atom stereocenters. The first-order valence-corrected chi connectivity index (χ1v) is 10.6. The highest BCUT2D eigenvalue weighted by Gasteiger charge is 2.43. The van der Waals surface area contributed by atoms with Crippen molar-refractivity contribution in [3.8, 4) is 0 Å². The van der Waals surface area contributed by atoms with Gasteiger partial charge in [-0.05, 0) is 42.2 Å². The van der Waals surface area contributed by atoms with Crippen molar-refractivity contribution < 1.29 is 9.47 Å². The van der Waals surface area contributed by atoms with Crippen molar-refractivity contribution in [2.24, 2.45) is 17.3 Å². The number of hydrogen-bond donors (Lipinski definition) is 0. The minimum absolute atomic E-state index is 0.103. The van der Waals surface area contributed by atoms with Gasteiger partial charge in [0.2, 0.25) is 0 Å². The van der Waals surface area contributed by atoms with Crippen molar-refractivity contribution in [2.75, 3.05) is 13.2 Å². The number of ether oxygens (including phenoxy) is 2. The molecule has 0 amide bonds. The maximum Gasteiger partial charge on any atom is 0.0717 e. The highest BCUT2D eigenvalue weighted by atomic mass is 16.5. The van der Waals surface area contributed by atoms with Gasteiger partial charge in [0.25, 0.3) is 0 Å². The van der Waals surface area contributed by atoms with Crippen LogP contribution in [0.4, 0.5) is 0 Å². The molecule has 1 fully saturated rings. The van der Waals surface area contributed by atoms with Crippen LogP contribution in [0.25, 0.3) is 0 Å². The van der Waals surface area contributed by atoms with Crippen LogP contribution in [0.1, 0.15) is 44.2 Å². The molecule has 2 nitrogen and oxygen atoms in total.